The van der Waals surface area contributed by atoms with Crippen molar-refractivity contribution < 1.29 is 5.11 Å². The van der Waals surface area contributed by atoms with Crippen molar-refractivity contribution in [2.24, 2.45) is 10.2 Å². The van der Waals surface area contributed by atoms with Crippen molar-refractivity contribution >= 4 is 22.3 Å². The zero-order chi connectivity index (χ0) is 16.6. The van der Waals surface area contributed by atoms with Crippen molar-refractivity contribution in [2.75, 3.05) is 0 Å². The van der Waals surface area contributed by atoms with Crippen LogP contribution in [0.3, 0.4) is 0 Å². The maximum atomic E-state index is 10.1. The highest BCUT2D eigenvalue weighted by Crippen LogP contribution is 2.37. The molecule has 0 fully saturated rings. The van der Waals surface area contributed by atoms with Crippen molar-refractivity contribution in [1.82, 2.24) is 4.98 Å². The molecule has 0 bridgehead atoms. The fourth-order valence-electron chi connectivity index (χ4n) is 2.54. The lowest BCUT2D eigenvalue weighted by Gasteiger charge is -2.04. The molecule has 0 aliphatic rings. The first kappa shape index (κ1) is 15.3. The number of rotatable bonds is 3. The lowest BCUT2D eigenvalue weighted by molar-refractivity contribution is 0.459. The van der Waals surface area contributed by atoms with Gasteiger partial charge < -0.3 is 10.1 Å². The summed E-state index contributed by atoms with van der Waals surface area (Å²) in [6, 6.07) is 12.0. The Kier molecular flexibility index (Phi) is 3.90. The fraction of sp³-hybridized carbons (Fsp3) is 0.263. The molecule has 23 heavy (non-hydrogen) atoms. The number of hydrogen-bond donors (Lipinski definition) is 2. The lowest BCUT2D eigenvalue weighted by atomic mass is 10.0. The van der Waals surface area contributed by atoms with E-state index < -0.39 is 0 Å². The van der Waals surface area contributed by atoms with E-state index in [4.69, 9.17) is 0 Å². The first-order valence-electron chi connectivity index (χ1n) is 7.79. The fourth-order valence-corrected chi connectivity index (χ4v) is 2.54. The summed E-state index contributed by atoms with van der Waals surface area (Å²) in [4.78, 5) is 2.95. The molecule has 3 aromatic rings. The molecule has 2 aromatic carbocycles. The molecule has 1 heterocycles. The normalized spacial score (nSPS) is 11.9. The van der Waals surface area contributed by atoms with Crippen LogP contribution in [0.15, 0.2) is 46.6 Å². The van der Waals surface area contributed by atoms with Gasteiger partial charge in [-0.15, -0.1) is 5.11 Å². The second-order valence-electron chi connectivity index (χ2n) is 6.25. The molecule has 0 saturated heterocycles. The molecular formula is C19H21N3O. The summed E-state index contributed by atoms with van der Waals surface area (Å²) in [5.41, 5.74) is 5.73. The predicted molar refractivity (Wildman–Crippen MR) is 94.1 cm³/mol. The van der Waals surface area contributed by atoms with Gasteiger partial charge in [-0.2, -0.15) is 5.11 Å². The summed E-state index contributed by atoms with van der Waals surface area (Å²) in [6.07, 6.45) is 0. The minimum atomic E-state index is 0.0495. The molecule has 0 aliphatic carbocycles. The van der Waals surface area contributed by atoms with Gasteiger partial charge in [0.15, 0.2) is 5.69 Å². The zero-order valence-corrected chi connectivity index (χ0v) is 13.9. The van der Waals surface area contributed by atoms with E-state index in [1.807, 2.05) is 31.2 Å². The number of aryl methyl sites for hydroxylation is 2. The second kappa shape index (κ2) is 5.88. The number of aromatic hydroxyl groups is 1. The Morgan fingerprint density at radius 3 is 2.43 bits per heavy atom. The highest BCUT2D eigenvalue weighted by atomic mass is 16.3. The van der Waals surface area contributed by atoms with E-state index in [0.717, 1.165) is 16.6 Å². The largest absolute Gasteiger partial charge is 0.493 e. The first-order valence-corrected chi connectivity index (χ1v) is 7.79. The number of benzene rings is 2. The topological polar surface area (TPSA) is 60.7 Å². The van der Waals surface area contributed by atoms with Gasteiger partial charge >= 0.3 is 0 Å². The molecule has 1 aromatic heterocycles. The molecule has 4 nitrogen and oxygen atoms in total. The Labute approximate surface area is 135 Å². The molecule has 0 spiro atoms. The zero-order valence-electron chi connectivity index (χ0n) is 13.9. The molecule has 0 saturated carbocycles. The number of nitrogens with zero attached hydrogens (tertiary/aromatic N) is 2. The van der Waals surface area contributed by atoms with Crippen LogP contribution in [-0.4, -0.2) is 10.1 Å². The minimum absolute atomic E-state index is 0.0495. The van der Waals surface area contributed by atoms with E-state index in [1.54, 1.807) is 0 Å². The Balaban J connectivity index is 2.04. The van der Waals surface area contributed by atoms with Crippen molar-refractivity contribution in [1.29, 1.82) is 0 Å². The third kappa shape index (κ3) is 2.97. The number of nitrogens with one attached hydrogen (secondary N) is 1. The van der Waals surface area contributed by atoms with Gasteiger partial charge in [-0.3, -0.25) is 0 Å². The van der Waals surface area contributed by atoms with E-state index in [9.17, 15) is 5.11 Å². The lowest BCUT2D eigenvalue weighted by Crippen LogP contribution is -1.85. The smallest absolute Gasteiger partial charge is 0.218 e. The average molecular weight is 307 g/mol. The van der Waals surface area contributed by atoms with Gasteiger partial charge in [-0.25, -0.2) is 0 Å². The van der Waals surface area contributed by atoms with Gasteiger partial charge in [0.1, 0.15) is 0 Å². The van der Waals surface area contributed by atoms with Crippen LogP contribution in [0.25, 0.3) is 10.9 Å². The van der Waals surface area contributed by atoms with Crippen LogP contribution in [0.4, 0.5) is 11.4 Å². The van der Waals surface area contributed by atoms with Crippen LogP contribution < -0.4 is 0 Å². The maximum Gasteiger partial charge on any atom is 0.218 e. The number of fused-ring (bicyclic) bond motifs is 1. The van der Waals surface area contributed by atoms with Crippen LogP contribution in [0.2, 0.25) is 0 Å². The van der Waals surface area contributed by atoms with Gasteiger partial charge in [0.05, 0.1) is 11.2 Å². The Bertz CT molecular complexity index is 891. The van der Waals surface area contributed by atoms with Crippen LogP contribution in [0.1, 0.15) is 36.5 Å². The van der Waals surface area contributed by atoms with Gasteiger partial charge in [0, 0.05) is 5.39 Å². The van der Waals surface area contributed by atoms with E-state index in [-0.39, 0.29) is 5.88 Å². The van der Waals surface area contributed by atoms with E-state index >= 15 is 0 Å². The molecule has 0 radical (unpaired) electrons. The van der Waals surface area contributed by atoms with Crippen LogP contribution >= 0.6 is 0 Å². The average Bonchev–Trinajstić information content (AvgIpc) is 2.83. The molecule has 0 atom stereocenters. The second-order valence-corrected chi connectivity index (χ2v) is 6.25. The van der Waals surface area contributed by atoms with Crippen molar-refractivity contribution in [2.45, 2.75) is 33.6 Å². The molecule has 0 amide bonds. The molecule has 2 N–H and O–H groups in total. The summed E-state index contributed by atoms with van der Waals surface area (Å²) in [5.74, 6) is 0.467. The molecular weight excluding hydrogens is 286 g/mol. The number of aromatic nitrogens is 1. The van der Waals surface area contributed by atoms with Crippen LogP contribution in [-0.2, 0) is 0 Å². The third-order valence-electron chi connectivity index (χ3n) is 4.20. The number of hydrogen-bond acceptors (Lipinski definition) is 3. The van der Waals surface area contributed by atoms with Crippen LogP contribution in [0.5, 0.6) is 5.88 Å². The van der Waals surface area contributed by atoms with E-state index in [2.05, 4.69) is 48.1 Å². The summed E-state index contributed by atoms with van der Waals surface area (Å²) < 4.78 is 0. The Morgan fingerprint density at radius 1 is 0.957 bits per heavy atom. The van der Waals surface area contributed by atoms with Crippen molar-refractivity contribution in [3.8, 4) is 5.88 Å². The Hall–Kier alpha value is -2.62. The monoisotopic (exact) mass is 307 g/mol. The van der Waals surface area contributed by atoms with E-state index in [1.165, 1.54) is 16.7 Å². The Morgan fingerprint density at radius 2 is 1.74 bits per heavy atom. The first-order chi connectivity index (χ1) is 11.0. The molecule has 0 unspecified atom stereocenters. The number of azo groups is 1. The van der Waals surface area contributed by atoms with Gasteiger partial charge in [-0.1, -0.05) is 26.0 Å². The predicted octanol–water partition coefficient (Wildman–Crippen LogP) is 6.03. The molecule has 118 valence electrons. The summed E-state index contributed by atoms with van der Waals surface area (Å²) >= 11 is 0. The number of aromatic amines is 1. The highest BCUT2D eigenvalue weighted by Gasteiger charge is 2.12. The SMILES string of the molecule is Cc1ccc(N=Nc2c(O)[nH]c3ccc(C(C)C)cc23)cc1C. The van der Waals surface area contributed by atoms with Gasteiger partial charge in [0.2, 0.25) is 5.88 Å². The summed E-state index contributed by atoms with van der Waals surface area (Å²) in [5, 5.41) is 19.6. The quantitative estimate of drug-likeness (QED) is 0.570. The van der Waals surface area contributed by atoms with Gasteiger partial charge in [0.25, 0.3) is 0 Å². The van der Waals surface area contributed by atoms with Crippen molar-refractivity contribution in [3.63, 3.8) is 0 Å². The minimum Gasteiger partial charge on any atom is -0.493 e. The standard InChI is InChI=1S/C19H21N3O/c1-11(2)14-6-8-17-16(10-14)18(19(23)20-17)22-21-15-7-5-12(3)13(4)9-15/h5-11,20,23H,1-4H3. The molecule has 4 heteroatoms. The third-order valence-corrected chi connectivity index (χ3v) is 4.20. The van der Waals surface area contributed by atoms with Crippen molar-refractivity contribution in [3.05, 3.63) is 53.1 Å². The van der Waals surface area contributed by atoms with Crippen LogP contribution in [0, 0.1) is 13.8 Å². The molecule has 3 rings (SSSR count). The highest BCUT2D eigenvalue weighted by molar-refractivity contribution is 5.94. The summed E-state index contributed by atoms with van der Waals surface area (Å²) in [6.45, 7) is 8.40. The number of H-pyrrole nitrogens is 1. The van der Waals surface area contributed by atoms with Gasteiger partial charge in [-0.05, 0) is 60.7 Å². The molecule has 0 aliphatic heterocycles. The maximum absolute atomic E-state index is 10.1. The summed E-state index contributed by atoms with van der Waals surface area (Å²) in [7, 11) is 0. The van der Waals surface area contributed by atoms with E-state index in [0.29, 0.717) is 11.6 Å².